The molecule has 7 heteroatoms. The number of carbonyl (C=O) groups is 2. The highest BCUT2D eigenvalue weighted by molar-refractivity contribution is 7.08. The van der Waals surface area contributed by atoms with Crippen LogP contribution in [0.25, 0.3) is 0 Å². The van der Waals surface area contributed by atoms with Crippen LogP contribution in [0.2, 0.25) is 5.02 Å². The molecule has 1 unspecified atom stereocenters. The van der Waals surface area contributed by atoms with Crippen LogP contribution in [0.3, 0.4) is 0 Å². The highest BCUT2D eigenvalue weighted by Gasteiger charge is 2.11. The predicted molar refractivity (Wildman–Crippen MR) is 86.1 cm³/mol. The Bertz CT molecular complexity index is 629. The Hall–Kier alpha value is -1.89. The molecule has 1 aromatic heterocycles. The Labute approximate surface area is 136 Å². The van der Waals surface area contributed by atoms with Crippen molar-refractivity contribution in [1.29, 1.82) is 0 Å². The Kier molecular flexibility index (Phi) is 5.94. The second kappa shape index (κ2) is 7.93. The smallest absolute Gasteiger partial charge is 0.252 e. The van der Waals surface area contributed by atoms with Gasteiger partial charge < -0.3 is 15.7 Å². The van der Waals surface area contributed by atoms with Gasteiger partial charge in [0.25, 0.3) is 5.91 Å². The van der Waals surface area contributed by atoms with E-state index in [-0.39, 0.29) is 24.9 Å². The summed E-state index contributed by atoms with van der Waals surface area (Å²) in [6.07, 6.45) is -0.825. The van der Waals surface area contributed by atoms with Gasteiger partial charge in [0.05, 0.1) is 12.6 Å². The number of hydrogen-bond donors (Lipinski definition) is 3. The second-order valence-corrected chi connectivity index (χ2v) is 5.78. The molecular weight excluding hydrogens is 324 g/mol. The van der Waals surface area contributed by atoms with E-state index in [9.17, 15) is 14.7 Å². The maximum Gasteiger partial charge on any atom is 0.252 e. The molecule has 0 aliphatic rings. The minimum atomic E-state index is -0.825. The summed E-state index contributed by atoms with van der Waals surface area (Å²) in [7, 11) is 0. The van der Waals surface area contributed by atoms with Crippen molar-refractivity contribution >= 4 is 34.8 Å². The van der Waals surface area contributed by atoms with Gasteiger partial charge in [-0.25, -0.2) is 0 Å². The fraction of sp³-hybridized carbons (Fsp3) is 0.200. The van der Waals surface area contributed by atoms with Gasteiger partial charge in [-0.15, -0.1) is 0 Å². The lowest BCUT2D eigenvalue weighted by Crippen LogP contribution is -2.38. The molecule has 2 rings (SSSR count). The van der Waals surface area contributed by atoms with Crippen molar-refractivity contribution in [1.82, 2.24) is 10.6 Å². The van der Waals surface area contributed by atoms with Crippen LogP contribution in [0, 0.1) is 0 Å². The van der Waals surface area contributed by atoms with Crippen molar-refractivity contribution in [3.8, 4) is 0 Å². The third-order valence-corrected chi connectivity index (χ3v) is 3.88. The Balaban J connectivity index is 1.73. The molecule has 116 valence electrons. The summed E-state index contributed by atoms with van der Waals surface area (Å²) in [5, 5.41) is 19.1. The number of hydrogen-bond acceptors (Lipinski definition) is 4. The predicted octanol–water partition coefficient (Wildman–Crippen LogP) is 1.98. The zero-order valence-electron chi connectivity index (χ0n) is 11.6. The molecule has 0 saturated carbocycles. The standard InChI is InChI=1S/C15H15ClN2O3S/c16-12-3-1-10(2-4-12)13(19)7-17-14(20)8-18-15(21)11-5-6-22-9-11/h1-6,9,13,19H,7-8H2,(H,17,20)(H,18,21). The minimum absolute atomic E-state index is 0.0643. The van der Waals surface area contributed by atoms with Gasteiger partial charge in [-0.1, -0.05) is 23.7 Å². The zero-order chi connectivity index (χ0) is 15.9. The summed E-state index contributed by atoms with van der Waals surface area (Å²) in [6.45, 7) is -0.0726. The van der Waals surface area contributed by atoms with Crippen LogP contribution < -0.4 is 10.6 Å². The van der Waals surface area contributed by atoms with E-state index in [2.05, 4.69) is 10.6 Å². The lowest BCUT2D eigenvalue weighted by atomic mass is 10.1. The summed E-state index contributed by atoms with van der Waals surface area (Å²) in [5.74, 6) is -0.661. The van der Waals surface area contributed by atoms with Crippen LogP contribution in [0.4, 0.5) is 0 Å². The number of aliphatic hydroxyl groups excluding tert-OH is 1. The first kappa shape index (κ1) is 16.5. The van der Waals surface area contributed by atoms with E-state index in [1.165, 1.54) is 11.3 Å². The first-order valence-corrected chi connectivity index (χ1v) is 7.89. The molecule has 1 aromatic carbocycles. The van der Waals surface area contributed by atoms with Crippen molar-refractivity contribution in [2.45, 2.75) is 6.10 Å². The molecule has 0 saturated heterocycles. The zero-order valence-corrected chi connectivity index (χ0v) is 13.2. The lowest BCUT2D eigenvalue weighted by molar-refractivity contribution is -0.120. The first-order chi connectivity index (χ1) is 10.6. The summed E-state index contributed by atoms with van der Waals surface area (Å²) in [5.41, 5.74) is 1.19. The van der Waals surface area contributed by atoms with Gasteiger partial charge in [0, 0.05) is 22.5 Å². The highest BCUT2D eigenvalue weighted by Crippen LogP contribution is 2.15. The number of aliphatic hydroxyl groups is 1. The van der Waals surface area contributed by atoms with Crippen molar-refractivity contribution in [3.63, 3.8) is 0 Å². The van der Waals surface area contributed by atoms with E-state index in [4.69, 9.17) is 11.6 Å². The summed E-state index contributed by atoms with van der Waals surface area (Å²) in [6, 6.07) is 8.41. The van der Waals surface area contributed by atoms with Crippen molar-refractivity contribution in [2.24, 2.45) is 0 Å². The fourth-order valence-electron chi connectivity index (χ4n) is 1.73. The monoisotopic (exact) mass is 338 g/mol. The van der Waals surface area contributed by atoms with Gasteiger partial charge in [-0.2, -0.15) is 11.3 Å². The van der Waals surface area contributed by atoms with Gasteiger partial charge in [0.1, 0.15) is 0 Å². The number of halogens is 1. The maximum absolute atomic E-state index is 11.7. The van der Waals surface area contributed by atoms with E-state index in [1.54, 1.807) is 41.1 Å². The normalized spacial score (nSPS) is 11.7. The largest absolute Gasteiger partial charge is 0.387 e. The van der Waals surface area contributed by atoms with E-state index >= 15 is 0 Å². The molecule has 2 amide bonds. The summed E-state index contributed by atoms with van der Waals surface area (Å²) in [4.78, 5) is 23.3. The minimum Gasteiger partial charge on any atom is -0.387 e. The second-order valence-electron chi connectivity index (χ2n) is 4.57. The highest BCUT2D eigenvalue weighted by atomic mass is 35.5. The number of thiophene rings is 1. The number of rotatable bonds is 6. The van der Waals surface area contributed by atoms with Crippen LogP contribution in [-0.4, -0.2) is 30.0 Å². The number of benzene rings is 1. The van der Waals surface area contributed by atoms with Gasteiger partial charge in [0.2, 0.25) is 5.91 Å². The van der Waals surface area contributed by atoms with Gasteiger partial charge in [-0.05, 0) is 29.1 Å². The topological polar surface area (TPSA) is 78.4 Å². The van der Waals surface area contributed by atoms with Crippen LogP contribution in [0.1, 0.15) is 22.0 Å². The SMILES string of the molecule is O=C(CNC(=O)c1ccsc1)NCC(O)c1ccc(Cl)cc1. The summed E-state index contributed by atoms with van der Waals surface area (Å²) < 4.78 is 0. The molecule has 0 bridgehead atoms. The Morgan fingerprint density at radius 2 is 1.91 bits per heavy atom. The van der Waals surface area contributed by atoms with Crippen LogP contribution in [-0.2, 0) is 4.79 Å². The van der Waals surface area contributed by atoms with Crippen molar-refractivity contribution in [2.75, 3.05) is 13.1 Å². The molecule has 0 spiro atoms. The molecular formula is C15H15ClN2O3S. The summed E-state index contributed by atoms with van der Waals surface area (Å²) >= 11 is 7.18. The lowest BCUT2D eigenvalue weighted by Gasteiger charge is -2.12. The molecule has 3 N–H and O–H groups in total. The number of amides is 2. The van der Waals surface area contributed by atoms with Crippen molar-refractivity contribution < 1.29 is 14.7 Å². The first-order valence-electron chi connectivity index (χ1n) is 6.57. The Morgan fingerprint density at radius 1 is 1.18 bits per heavy atom. The van der Waals surface area contributed by atoms with E-state index < -0.39 is 6.10 Å². The van der Waals surface area contributed by atoms with Crippen LogP contribution in [0.5, 0.6) is 0 Å². The van der Waals surface area contributed by atoms with E-state index in [0.29, 0.717) is 16.1 Å². The van der Waals surface area contributed by atoms with E-state index in [0.717, 1.165) is 0 Å². The molecule has 22 heavy (non-hydrogen) atoms. The van der Waals surface area contributed by atoms with Gasteiger partial charge in [-0.3, -0.25) is 9.59 Å². The average Bonchev–Trinajstić information content (AvgIpc) is 3.05. The molecule has 0 aliphatic carbocycles. The number of nitrogens with one attached hydrogen (secondary N) is 2. The van der Waals surface area contributed by atoms with Crippen molar-refractivity contribution in [3.05, 3.63) is 57.2 Å². The Morgan fingerprint density at radius 3 is 2.55 bits per heavy atom. The molecule has 0 fully saturated rings. The molecule has 2 aromatic rings. The molecule has 0 aliphatic heterocycles. The van der Waals surface area contributed by atoms with Gasteiger partial charge in [0.15, 0.2) is 0 Å². The van der Waals surface area contributed by atoms with Crippen LogP contribution >= 0.6 is 22.9 Å². The molecule has 1 heterocycles. The van der Waals surface area contributed by atoms with Crippen LogP contribution in [0.15, 0.2) is 41.1 Å². The fourth-order valence-corrected chi connectivity index (χ4v) is 2.49. The molecule has 0 radical (unpaired) electrons. The molecule has 5 nitrogen and oxygen atoms in total. The third kappa shape index (κ3) is 4.84. The third-order valence-electron chi connectivity index (χ3n) is 2.94. The van der Waals surface area contributed by atoms with E-state index in [1.807, 2.05) is 0 Å². The van der Waals surface area contributed by atoms with Gasteiger partial charge >= 0.3 is 0 Å². The average molecular weight is 339 g/mol. The number of carbonyl (C=O) groups excluding carboxylic acids is 2. The molecule has 1 atom stereocenters. The maximum atomic E-state index is 11.7. The quantitative estimate of drug-likeness (QED) is 0.753.